The Morgan fingerprint density at radius 3 is 2.45 bits per heavy atom. The van der Waals surface area contributed by atoms with Crippen LogP contribution in [-0.4, -0.2) is 20.0 Å². The van der Waals surface area contributed by atoms with E-state index in [9.17, 15) is 4.79 Å². The van der Waals surface area contributed by atoms with E-state index in [2.05, 4.69) is 15.9 Å². The zero-order valence-corrected chi connectivity index (χ0v) is 12.9. The number of carbonyl (C=O) groups is 1. The number of benzene rings is 2. The monoisotopic (exact) mass is 334 g/mol. The van der Waals surface area contributed by atoms with E-state index in [0.717, 1.165) is 10.0 Å². The highest BCUT2D eigenvalue weighted by Crippen LogP contribution is 2.28. The lowest BCUT2D eigenvalue weighted by Crippen LogP contribution is -2.04. The lowest BCUT2D eigenvalue weighted by atomic mass is 10.0. The van der Waals surface area contributed by atoms with E-state index in [-0.39, 0.29) is 5.78 Å². The Morgan fingerprint density at radius 2 is 1.80 bits per heavy atom. The number of carbonyl (C=O) groups excluding carboxylic acids is 1. The fourth-order valence-corrected chi connectivity index (χ4v) is 2.34. The lowest BCUT2D eigenvalue weighted by Gasteiger charge is -2.09. The Bertz CT molecular complexity index is 623. The second-order valence-electron chi connectivity index (χ2n) is 4.30. The predicted octanol–water partition coefficient (Wildman–Crippen LogP) is 3.89. The summed E-state index contributed by atoms with van der Waals surface area (Å²) in [6.45, 7) is 0. The molecule has 0 aliphatic carbocycles. The van der Waals surface area contributed by atoms with Gasteiger partial charge in [-0.25, -0.2) is 0 Å². The molecule has 104 valence electrons. The Kier molecular flexibility index (Phi) is 4.79. The van der Waals surface area contributed by atoms with Crippen molar-refractivity contribution in [3.8, 4) is 11.5 Å². The van der Waals surface area contributed by atoms with Gasteiger partial charge in [0.15, 0.2) is 17.3 Å². The first-order valence-electron chi connectivity index (χ1n) is 6.13. The minimum absolute atomic E-state index is 0.0681. The van der Waals surface area contributed by atoms with Crippen molar-refractivity contribution in [2.45, 2.75) is 6.42 Å². The normalized spacial score (nSPS) is 10.2. The summed E-state index contributed by atoms with van der Waals surface area (Å²) < 4.78 is 11.3. The Morgan fingerprint density at radius 1 is 1.05 bits per heavy atom. The van der Waals surface area contributed by atoms with Gasteiger partial charge < -0.3 is 9.47 Å². The first-order valence-corrected chi connectivity index (χ1v) is 6.93. The standard InChI is InChI=1S/C16H15BrO3/c1-19-15-7-6-11(9-16(15)20-2)8-14(18)12-4-3-5-13(17)10-12/h3-7,9-10H,8H2,1-2H3. The van der Waals surface area contributed by atoms with Crippen LogP contribution in [0.1, 0.15) is 15.9 Å². The molecule has 0 saturated carbocycles. The smallest absolute Gasteiger partial charge is 0.167 e. The van der Waals surface area contributed by atoms with Crippen LogP contribution < -0.4 is 9.47 Å². The molecule has 0 unspecified atom stereocenters. The molecule has 0 amide bonds. The van der Waals surface area contributed by atoms with Crippen LogP contribution in [0.5, 0.6) is 11.5 Å². The number of ketones is 1. The van der Waals surface area contributed by atoms with Crippen LogP contribution in [0.4, 0.5) is 0 Å². The van der Waals surface area contributed by atoms with Gasteiger partial charge in [-0.15, -0.1) is 0 Å². The molecule has 0 heterocycles. The molecule has 0 bridgehead atoms. The first-order chi connectivity index (χ1) is 9.63. The molecule has 3 nitrogen and oxygen atoms in total. The molecule has 0 saturated heterocycles. The molecule has 2 aromatic rings. The van der Waals surface area contributed by atoms with Crippen molar-refractivity contribution in [1.29, 1.82) is 0 Å². The van der Waals surface area contributed by atoms with Crippen molar-refractivity contribution in [1.82, 2.24) is 0 Å². The largest absolute Gasteiger partial charge is 0.493 e. The van der Waals surface area contributed by atoms with Gasteiger partial charge in [0.2, 0.25) is 0 Å². The van der Waals surface area contributed by atoms with Gasteiger partial charge in [-0.1, -0.05) is 34.1 Å². The van der Waals surface area contributed by atoms with Crippen LogP contribution in [0.3, 0.4) is 0 Å². The van der Waals surface area contributed by atoms with Crippen molar-refractivity contribution >= 4 is 21.7 Å². The molecule has 0 atom stereocenters. The summed E-state index contributed by atoms with van der Waals surface area (Å²) in [5.41, 5.74) is 1.58. The number of halogens is 1. The summed E-state index contributed by atoms with van der Waals surface area (Å²) in [5, 5.41) is 0. The van der Waals surface area contributed by atoms with Crippen molar-refractivity contribution in [2.75, 3.05) is 14.2 Å². The average Bonchev–Trinajstić information content (AvgIpc) is 2.47. The molecule has 0 aromatic heterocycles. The third kappa shape index (κ3) is 3.39. The topological polar surface area (TPSA) is 35.5 Å². The molecule has 0 aliphatic heterocycles. The van der Waals surface area contributed by atoms with Crippen molar-refractivity contribution in [2.24, 2.45) is 0 Å². The van der Waals surface area contributed by atoms with Gasteiger partial charge in [-0.3, -0.25) is 4.79 Å². The summed E-state index contributed by atoms with van der Waals surface area (Å²) in [4.78, 5) is 12.2. The molecular formula is C16H15BrO3. The summed E-state index contributed by atoms with van der Waals surface area (Å²) >= 11 is 3.37. The van der Waals surface area contributed by atoms with Gasteiger partial charge in [0, 0.05) is 16.5 Å². The number of methoxy groups -OCH3 is 2. The second kappa shape index (κ2) is 6.57. The maximum atomic E-state index is 12.2. The summed E-state index contributed by atoms with van der Waals surface area (Å²) in [7, 11) is 3.17. The number of hydrogen-bond donors (Lipinski definition) is 0. The van der Waals surface area contributed by atoms with Gasteiger partial charge in [-0.05, 0) is 29.8 Å². The van der Waals surface area contributed by atoms with E-state index < -0.39 is 0 Å². The Balaban J connectivity index is 2.19. The molecule has 0 spiro atoms. The highest BCUT2D eigenvalue weighted by molar-refractivity contribution is 9.10. The van der Waals surface area contributed by atoms with Gasteiger partial charge in [-0.2, -0.15) is 0 Å². The van der Waals surface area contributed by atoms with Crippen LogP contribution in [0.15, 0.2) is 46.9 Å². The van der Waals surface area contributed by atoms with Crippen molar-refractivity contribution < 1.29 is 14.3 Å². The second-order valence-corrected chi connectivity index (χ2v) is 5.22. The van der Waals surface area contributed by atoms with E-state index in [1.807, 2.05) is 42.5 Å². The van der Waals surface area contributed by atoms with Crippen LogP contribution in [0, 0.1) is 0 Å². The lowest BCUT2D eigenvalue weighted by molar-refractivity contribution is 0.0993. The highest BCUT2D eigenvalue weighted by atomic mass is 79.9. The molecule has 0 radical (unpaired) electrons. The number of Topliss-reactive ketones (excluding diaryl/α,β-unsaturated/α-hetero) is 1. The van der Waals surface area contributed by atoms with E-state index in [4.69, 9.17) is 9.47 Å². The molecule has 20 heavy (non-hydrogen) atoms. The molecular weight excluding hydrogens is 320 g/mol. The number of ether oxygens (including phenoxy) is 2. The highest BCUT2D eigenvalue weighted by Gasteiger charge is 2.10. The third-order valence-corrected chi connectivity index (χ3v) is 3.45. The zero-order chi connectivity index (χ0) is 14.5. The minimum Gasteiger partial charge on any atom is -0.493 e. The molecule has 4 heteroatoms. The molecule has 2 aromatic carbocycles. The van der Waals surface area contributed by atoms with Crippen molar-refractivity contribution in [3.05, 3.63) is 58.1 Å². The van der Waals surface area contributed by atoms with Crippen LogP contribution in [-0.2, 0) is 6.42 Å². The van der Waals surface area contributed by atoms with Crippen LogP contribution in [0.25, 0.3) is 0 Å². The van der Waals surface area contributed by atoms with Gasteiger partial charge in [0.1, 0.15) is 0 Å². The van der Waals surface area contributed by atoms with Crippen molar-refractivity contribution in [3.63, 3.8) is 0 Å². The van der Waals surface area contributed by atoms with E-state index >= 15 is 0 Å². The van der Waals surface area contributed by atoms with Gasteiger partial charge in [0.25, 0.3) is 0 Å². The van der Waals surface area contributed by atoms with E-state index in [1.54, 1.807) is 14.2 Å². The number of hydrogen-bond acceptors (Lipinski definition) is 3. The van der Waals surface area contributed by atoms with E-state index in [1.165, 1.54) is 0 Å². The maximum Gasteiger partial charge on any atom is 0.167 e. The van der Waals surface area contributed by atoms with Gasteiger partial charge >= 0.3 is 0 Å². The van der Waals surface area contributed by atoms with Gasteiger partial charge in [0.05, 0.1) is 14.2 Å². The number of rotatable bonds is 5. The third-order valence-electron chi connectivity index (χ3n) is 2.96. The fraction of sp³-hybridized carbons (Fsp3) is 0.188. The molecule has 0 N–H and O–H groups in total. The van der Waals surface area contributed by atoms with Crippen LogP contribution >= 0.6 is 15.9 Å². The molecule has 0 fully saturated rings. The molecule has 2 rings (SSSR count). The maximum absolute atomic E-state index is 12.2. The molecule has 0 aliphatic rings. The SMILES string of the molecule is COc1ccc(CC(=O)c2cccc(Br)c2)cc1OC. The predicted molar refractivity (Wildman–Crippen MR) is 81.7 cm³/mol. The summed E-state index contributed by atoms with van der Waals surface area (Å²) in [5.74, 6) is 1.36. The summed E-state index contributed by atoms with van der Waals surface area (Å²) in [6.07, 6.45) is 0.330. The summed E-state index contributed by atoms with van der Waals surface area (Å²) in [6, 6.07) is 12.9. The zero-order valence-electron chi connectivity index (χ0n) is 11.4. The average molecular weight is 335 g/mol. The Labute approximate surface area is 126 Å². The van der Waals surface area contributed by atoms with E-state index in [0.29, 0.717) is 23.5 Å². The fourth-order valence-electron chi connectivity index (χ4n) is 1.94. The first kappa shape index (κ1) is 14.6. The quantitative estimate of drug-likeness (QED) is 0.778. The minimum atomic E-state index is 0.0681. The Hall–Kier alpha value is -1.81. The van der Waals surface area contributed by atoms with Crippen LogP contribution in [0.2, 0.25) is 0 Å².